The Morgan fingerprint density at radius 2 is 0.867 bits per heavy atom. The molecule has 0 aromatic heterocycles. The molecule has 0 aliphatic carbocycles. The van der Waals surface area contributed by atoms with E-state index in [9.17, 15) is 0 Å². The van der Waals surface area contributed by atoms with E-state index in [0.717, 1.165) is 0 Å². The van der Waals surface area contributed by atoms with Gasteiger partial charge in [0, 0.05) is 0 Å². The Morgan fingerprint density at radius 3 is 1.07 bits per heavy atom. The zero-order valence-electron chi connectivity index (χ0n) is 8.45. The maximum atomic E-state index is 8.63. The van der Waals surface area contributed by atoms with Crippen LogP contribution in [0.5, 0.6) is 5.75 Å². The number of aromatic hydroxyl groups is 1. The maximum absolute atomic E-state index is 8.63. The molecule has 0 aliphatic rings. The summed E-state index contributed by atoms with van der Waals surface area (Å²) in [7, 11) is 0. The van der Waals surface area contributed by atoms with Gasteiger partial charge in [-0.05, 0) is 12.1 Å². The van der Waals surface area contributed by atoms with Crippen molar-refractivity contribution >= 4 is 0 Å². The van der Waals surface area contributed by atoms with Crippen molar-refractivity contribution in [3.63, 3.8) is 0 Å². The van der Waals surface area contributed by atoms with Crippen LogP contribution in [0.2, 0.25) is 0 Å². The second-order valence-electron chi connectivity index (χ2n) is 2.49. The Kier molecular flexibility index (Phi) is 8.43. The molecule has 0 bridgehead atoms. The molecule has 76 valence electrons. The summed E-state index contributed by atoms with van der Waals surface area (Å²) in [6.07, 6.45) is 8.00. The quantitative estimate of drug-likeness (QED) is 0.644. The maximum Gasteiger partial charge on any atom is 0.115 e. The van der Waals surface area contributed by atoms with E-state index < -0.39 is 0 Å². The summed E-state index contributed by atoms with van der Waals surface area (Å²) in [5.74, 6) is 0.322. The molecule has 2 rings (SSSR count). The molecule has 0 aliphatic heterocycles. The lowest BCUT2D eigenvalue weighted by Gasteiger charge is -1.82. The summed E-state index contributed by atoms with van der Waals surface area (Å²) in [5.41, 5.74) is 0. The zero-order valence-corrected chi connectivity index (χ0v) is 8.45. The van der Waals surface area contributed by atoms with Gasteiger partial charge in [-0.3, -0.25) is 0 Å². The number of para-hydroxylation sites is 1. The number of phenols is 1. The SMILES string of the molecule is C#C.Oc1ccccc1.c1ccccc1. The highest BCUT2D eigenvalue weighted by Crippen LogP contribution is 2.02. The highest BCUT2D eigenvalue weighted by atomic mass is 16.3. The van der Waals surface area contributed by atoms with E-state index in [1.54, 1.807) is 24.3 Å². The fourth-order valence-electron chi connectivity index (χ4n) is 0.813. The van der Waals surface area contributed by atoms with Crippen LogP contribution in [0.15, 0.2) is 66.7 Å². The third-order valence-corrected chi connectivity index (χ3v) is 1.42. The van der Waals surface area contributed by atoms with Gasteiger partial charge in [-0.2, -0.15) is 0 Å². The predicted octanol–water partition coefficient (Wildman–Crippen LogP) is 3.33. The lowest BCUT2D eigenvalue weighted by molar-refractivity contribution is 0.475. The number of hydrogen-bond donors (Lipinski definition) is 1. The van der Waals surface area contributed by atoms with E-state index >= 15 is 0 Å². The Hall–Kier alpha value is -2.20. The molecule has 0 atom stereocenters. The van der Waals surface area contributed by atoms with Crippen molar-refractivity contribution in [3.05, 3.63) is 66.7 Å². The van der Waals surface area contributed by atoms with Crippen molar-refractivity contribution in [1.82, 2.24) is 0 Å². The molecule has 15 heavy (non-hydrogen) atoms. The van der Waals surface area contributed by atoms with Gasteiger partial charge in [-0.15, -0.1) is 12.8 Å². The van der Waals surface area contributed by atoms with Crippen LogP contribution in [0.25, 0.3) is 0 Å². The lowest BCUT2D eigenvalue weighted by atomic mass is 10.3. The summed E-state index contributed by atoms with van der Waals surface area (Å²) >= 11 is 0. The molecule has 0 fully saturated rings. The van der Waals surface area contributed by atoms with Gasteiger partial charge in [0.25, 0.3) is 0 Å². The van der Waals surface area contributed by atoms with Gasteiger partial charge in [0.2, 0.25) is 0 Å². The first-order valence-electron chi connectivity index (χ1n) is 4.47. The average molecular weight is 198 g/mol. The van der Waals surface area contributed by atoms with Gasteiger partial charge in [0.15, 0.2) is 0 Å². The van der Waals surface area contributed by atoms with Gasteiger partial charge in [-0.1, -0.05) is 54.6 Å². The molecule has 1 nitrogen and oxygen atoms in total. The molecule has 0 spiro atoms. The van der Waals surface area contributed by atoms with E-state index in [0.29, 0.717) is 5.75 Å². The third kappa shape index (κ3) is 8.14. The van der Waals surface area contributed by atoms with Gasteiger partial charge in [0.1, 0.15) is 5.75 Å². The Labute approximate surface area is 91.0 Å². The highest BCUT2D eigenvalue weighted by molar-refractivity contribution is 5.18. The summed E-state index contributed by atoms with van der Waals surface area (Å²) in [4.78, 5) is 0. The molecule has 2 aromatic carbocycles. The lowest BCUT2D eigenvalue weighted by Crippen LogP contribution is -1.56. The minimum atomic E-state index is 0.322. The van der Waals surface area contributed by atoms with Crippen LogP contribution in [0, 0.1) is 12.8 Å². The summed E-state index contributed by atoms with van der Waals surface area (Å²) in [6, 6.07) is 20.7. The first-order valence-corrected chi connectivity index (χ1v) is 4.47. The van der Waals surface area contributed by atoms with Crippen LogP contribution >= 0.6 is 0 Å². The number of phenolic OH excluding ortho intramolecular Hbond substituents is 1. The Morgan fingerprint density at radius 1 is 0.600 bits per heavy atom. The van der Waals surface area contributed by atoms with E-state index in [2.05, 4.69) is 12.8 Å². The highest BCUT2D eigenvalue weighted by Gasteiger charge is 1.74. The van der Waals surface area contributed by atoms with Gasteiger partial charge in [-0.25, -0.2) is 0 Å². The zero-order chi connectivity index (χ0) is 11.4. The van der Waals surface area contributed by atoms with Crippen LogP contribution in [0.3, 0.4) is 0 Å². The van der Waals surface area contributed by atoms with Crippen molar-refractivity contribution < 1.29 is 5.11 Å². The minimum Gasteiger partial charge on any atom is -0.508 e. The minimum absolute atomic E-state index is 0.322. The largest absolute Gasteiger partial charge is 0.508 e. The summed E-state index contributed by atoms with van der Waals surface area (Å²) < 4.78 is 0. The van der Waals surface area contributed by atoms with Gasteiger partial charge >= 0.3 is 0 Å². The van der Waals surface area contributed by atoms with Crippen molar-refractivity contribution in [2.75, 3.05) is 0 Å². The molecule has 0 saturated carbocycles. The molecule has 0 heterocycles. The first kappa shape index (κ1) is 12.8. The smallest absolute Gasteiger partial charge is 0.115 e. The standard InChI is InChI=1S/C6H6O.C6H6.C2H2/c7-6-4-2-1-3-5-6;1-2-4-6-5-3-1;1-2/h1-5,7H;1-6H;1-2H. The van der Waals surface area contributed by atoms with Crippen LogP contribution in [0.4, 0.5) is 0 Å². The van der Waals surface area contributed by atoms with Crippen molar-refractivity contribution in [3.8, 4) is 18.6 Å². The molecule has 0 amide bonds. The Bertz CT molecular complexity index is 311. The van der Waals surface area contributed by atoms with Gasteiger partial charge in [0.05, 0.1) is 0 Å². The monoisotopic (exact) mass is 198 g/mol. The second-order valence-corrected chi connectivity index (χ2v) is 2.49. The topological polar surface area (TPSA) is 20.2 Å². The molecule has 1 N–H and O–H groups in total. The number of rotatable bonds is 0. The molecule has 1 heteroatoms. The van der Waals surface area contributed by atoms with Crippen LogP contribution in [-0.4, -0.2) is 5.11 Å². The molecular formula is C14H14O. The van der Waals surface area contributed by atoms with Crippen molar-refractivity contribution in [1.29, 1.82) is 0 Å². The second kappa shape index (κ2) is 9.88. The van der Waals surface area contributed by atoms with Gasteiger partial charge < -0.3 is 5.11 Å². The normalized spacial score (nSPS) is 7.33. The molecule has 0 radical (unpaired) electrons. The molecule has 0 unspecified atom stereocenters. The van der Waals surface area contributed by atoms with Crippen LogP contribution in [-0.2, 0) is 0 Å². The first-order chi connectivity index (χ1) is 7.39. The van der Waals surface area contributed by atoms with E-state index in [-0.39, 0.29) is 0 Å². The third-order valence-electron chi connectivity index (χ3n) is 1.42. The summed E-state index contributed by atoms with van der Waals surface area (Å²) in [6.45, 7) is 0. The number of hydrogen-bond acceptors (Lipinski definition) is 1. The van der Waals surface area contributed by atoms with Crippen molar-refractivity contribution in [2.45, 2.75) is 0 Å². The van der Waals surface area contributed by atoms with Crippen LogP contribution < -0.4 is 0 Å². The fourth-order valence-corrected chi connectivity index (χ4v) is 0.813. The average Bonchev–Trinajstić information content (AvgIpc) is 2.36. The van der Waals surface area contributed by atoms with Crippen LogP contribution in [0.1, 0.15) is 0 Å². The molecule has 0 saturated heterocycles. The molecular weight excluding hydrogens is 184 g/mol. The van der Waals surface area contributed by atoms with Crippen molar-refractivity contribution in [2.24, 2.45) is 0 Å². The van der Waals surface area contributed by atoms with E-state index in [1.165, 1.54) is 0 Å². The Balaban J connectivity index is 0.000000227. The van der Waals surface area contributed by atoms with E-state index in [4.69, 9.17) is 5.11 Å². The predicted molar refractivity (Wildman–Crippen MR) is 64.4 cm³/mol. The van der Waals surface area contributed by atoms with E-state index in [1.807, 2.05) is 42.5 Å². The summed E-state index contributed by atoms with van der Waals surface area (Å²) in [5, 5.41) is 8.63. The number of terminal acetylenes is 1. The number of benzene rings is 2. The molecule has 2 aromatic rings. The fraction of sp³-hybridized carbons (Fsp3) is 0.